The molecular formula is C11H14F2O. The summed E-state index contributed by atoms with van der Waals surface area (Å²) in [4.78, 5) is 0. The normalized spacial score (nSPS) is 11.8. The Kier molecular flexibility index (Phi) is 3.21. The Bertz CT molecular complexity index is 301. The van der Waals surface area contributed by atoms with Crippen molar-refractivity contribution in [1.82, 2.24) is 0 Å². The number of aliphatic hydroxyl groups excluding tert-OH is 1. The molecule has 1 rings (SSSR count). The molecule has 0 saturated carbocycles. The van der Waals surface area contributed by atoms with Gasteiger partial charge in [-0.15, -0.1) is 0 Å². The van der Waals surface area contributed by atoms with Crippen molar-refractivity contribution < 1.29 is 13.9 Å². The van der Waals surface area contributed by atoms with Crippen LogP contribution in [0.25, 0.3) is 0 Å². The fourth-order valence-corrected chi connectivity index (χ4v) is 1.66. The Morgan fingerprint density at radius 3 is 2.14 bits per heavy atom. The highest BCUT2D eigenvalue weighted by atomic mass is 19.3. The molecule has 0 radical (unpaired) electrons. The molecule has 0 bridgehead atoms. The van der Waals surface area contributed by atoms with E-state index in [0.717, 1.165) is 0 Å². The van der Waals surface area contributed by atoms with E-state index in [2.05, 4.69) is 0 Å². The molecule has 0 fully saturated rings. The SMILES string of the molecule is Cc1cccc(C)c1C(F)(F)CCO. The van der Waals surface area contributed by atoms with Gasteiger partial charge in [-0.3, -0.25) is 0 Å². The number of hydrogen-bond donors (Lipinski definition) is 1. The van der Waals surface area contributed by atoms with Crippen LogP contribution in [0.3, 0.4) is 0 Å². The molecule has 1 N–H and O–H groups in total. The van der Waals surface area contributed by atoms with E-state index in [9.17, 15) is 8.78 Å². The topological polar surface area (TPSA) is 20.2 Å². The highest BCUT2D eigenvalue weighted by Crippen LogP contribution is 2.35. The van der Waals surface area contributed by atoms with Crippen LogP contribution in [0.1, 0.15) is 23.1 Å². The van der Waals surface area contributed by atoms with Crippen LogP contribution < -0.4 is 0 Å². The third-order valence-electron chi connectivity index (χ3n) is 2.27. The van der Waals surface area contributed by atoms with E-state index in [1.165, 1.54) is 0 Å². The fraction of sp³-hybridized carbons (Fsp3) is 0.455. The van der Waals surface area contributed by atoms with Crippen molar-refractivity contribution in [2.24, 2.45) is 0 Å². The largest absolute Gasteiger partial charge is 0.396 e. The van der Waals surface area contributed by atoms with Gasteiger partial charge in [-0.05, 0) is 25.0 Å². The lowest BCUT2D eigenvalue weighted by atomic mass is 9.95. The number of aliphatic hydroxyl groups is 1. The van der Waals surface area contributed by atoms with Crippen LogP contribution in [0, 0.1) is 13.8 Å². The molecule has 3 heteroatoms. The Labute approximate surface area is 82.4 Å². The molecule has 0 aliphatic rings. The maximum absolute atomic E-state index is 13.5. The molecule has 0 unspecified atom stereocenters. The second-order valence-electron chi connectivity index (χ2n) is 3.44. The van der Waals surface area contributed by atoms with Gasteiger partial charge in [0.1, 0.15) is 0 Å². The minimum Gasteiger partial charge on any atom is -0.396 e. The molecule has 0 spiro atoms. The van der Waals surface area contributed by atoms with Gasteiger partial charge in [-0.25, -0.2) is 8.78 Å². The van der Waals surface area contributed by atoms with Crippen molar-refractivity contribution in [3.63, 3.8) is 0 Å². The summed E-state index contributed by atoms with van der Waals surface area (Å²) < 4.78 is 27.0. The quantitative estimate of drug-likeness (QED) is 0.795. The van der Waals surface area contributed by atoms with Gasteiger partial charge in [0.25, 0.3) is 5.92 Å². The molecule has 0 aliphatic heterocycles. The Morgan fingerprint density at radius 1 is 1.21 bits per heavy atom. The maximum Gasteiger partial charge on any atom is 0.275 e. The lowest BCUT2D eigenvalue weighted by molar-refractivity contribution is -0.0280. The Balaban J connectivity index is 3.17. The summed E-state index contributed by atoms with van der Waals surface area (Å²) >= 11 is 0. The summed E-state index contributed by atoms with van der Waals surface area (Å²) in [7, 11) is 0. The predicted octanol–water partition coefficient (Wildman–Crippen LogP) is 2.78. The van der Waals surface area contributed by atoms with E-state index in [-0.39, 0.29) is 5.56 Å². The minimum atomic E-state index is -2.93. The zero-order chi connectivity index (χ0) is 10.8. The van der Waals surface area contributed by atoms with Gasteiger partial charge in [0.2, 0.25) is 0 Å². The number of aryl methyl sites for hydroxylation is 2. The van der Waals surface area contributed by atoms with E-state index in [0.29, 0.717) is 11.1 Å². The zero-order valence-corrected chi connectivity index (χ0v) is 8.35. The van der Waals surface area contributed by atoms with Gasteiger partial charge in [-0.1, -0.05) is 18.2 Å². The first kappa shape index (κ1) is 11.1. The molecule has 0 heterocycles. The molecule has 1 aromatic carbocycles. The van der Waals surface area contributed by atoms with E-state index >= 15 is 0 Å². The van der Waals surface area contributed by atoms with Crippen molar-refractivity contribution in [3.05, 3.63) is 34.9 Å². The van der Waals surface area contributed by atoms with E-state index in [4.69, 9.17) is 5.11 Å². The number of rotatable bonds is 3. The molecule has 78 valence electrons. The summed E-state index contributed by atoms with van der Waals surface area (Å²) in [5.74, 6) is -2.93. The first-order valence-electron chi connectivity index (χ1n) is 4.54. The van der Waals surface area contributed by atoms with Crippen LogP contribution in [0.4, 0.5) is 8.78 Å². The molecule has 0 aliphatic carbocycles. The Morgan fingerprint density at radius 2 is 1.71 bits per heavy atom. The maximum atomic E-state index is 13.5. The van der Waals surface area contributed by atoms with Crippen LogP contribution in [0.5, 0.6) is 0 Å². The van der Waals surface area contributed by atoms with Crippen molar-refractivity contribution >= 4 is 0 Å². The van der Waals surface area contributed by atoms with Crippen LogP contribution in [-0.4, -0.2) is 11.7 Å². The van der Waals surface area contributed by atoms with E-state index < -0.39 is 19.0 Å². The number of benzene rings is 1. The van der Waals surface area contributed by atoms with E-state index in [1.54, 1.807) is 32.0 Å². The molecule has 0 aromatic heterocycles. The lowest BCUT2D eigenvalue weighted by Gasteiger charge is -2.20. The van der Waals surface area contributed by atoms with Gasteiger partial charge in [0.15, 0.2) is 0 Å². The second-order valence-corrected chi connectivity index (χ2v) is 3.44. The molecule has 0 amide bonds. The average Bonchev–Trinajstić information content (AvgIpc) is 2.02. The summed E-state index contributed by atoms with van der Waals surface area (Å²) in [5.41, 5.74) is 1.20. The minimum absolute atomic E-state index is 0.0500. The highest BCUT2D eigenvalue weighted by Gasteiger charge is 2.33. The smallest absolute Gasteiger partial charge is 0.275 e. The van der Waals surface area contributed by atoms with Gasteiger partial charge < -0.3 is 5.11 Å². The highest BCUT2D eigenvalue weighted by molar-refractivity contribution is 5.36. The third-order valence-corrected chi connectivity index (χ3v) is 2.27. The second kappa shape index (κ2) is 4.05. The number of halogens is 2. The Hall–Kier alpha value is -0.960. The van der Waals surface area contributed by atoms with Gasteiger partial charge >= 0.3 is 0 Å². The van der Waals surface area contributed by atoms with Crippen molar-refractivity contribution in [2.75, 3.05) is 6.61 Å². The van der Waals surface area contributed by atoms with Crippen LogP contribution in [0.15, 0.2) is 18.2 Å². The van der Waals surface area contributed by atoms with Gasteiger partial charge in [0.05, 0.1) is 0 Å². The molecular weight excluding hydrogens is 186 g/mol. The first-order valence-corrected chi connectivity index (χ1v) is 4.54. The third kappa shape index (κ3) is 2.10. The van der Waals surface area contributed by atoms with Crippen LogP contribution in [-0.2, 0) is 5.92 Å². The van der Waals surface area contributed by atoms with Gasteiger partial charge in [-0.2, -0.15) is 0 Å². The summed E-state index contributed by atoms with van der Waals surface area (Å²) in [6.45, 7) is 2.82. The van der Waals surface area contributed by atoms with Crippen LogP contribution >= 0.6 is 0 Å². The standard InChI is InChI=1S/C11H14F2O/c1-8-4-3-5-9(2)10(8)11(12,13)6-7-14/h3-5,14H,6-7H2,1-2H3. The first-order chi connectivity index (χ1) is 6.49. The fourth-order valence-electron chi connectivity index (χ4n) is 1.66. The molecule has 1 nitrogen and oxygen atoms in total. The monoisotopic (exact) mass is 200 g/mol. The lowest BCUT2D eigenvalue weighted by Crippen LogP contribution is -2.18. The van der Waals surface area contributed by atoms with Gasteiger partial charge in [0, 0.05) is 18.6 Å². The number of alkyl halides is 2. The number of hydrogen-bond acceptors (Lipinski definition) is 1. The molecule has 14 heavy (non-hydrogen) atoms. The summed E-state index contributed by atoms with van der Waals surface area (Å²) in [6, 6.07) is 5.07. The summed E-state index contributed by atoms with van der Waals surface area (Å²) in [6.07, 6.45) is -0.515. The molecule has 1 aromatic rings. The molecule has 0 atom stereocenters. The van der Waals surface area contributed by atoms with E-state index in [1.807, 2.05) is 0 Å². The average molecular weight is 200 g/mol. The van der Waals surface area contributed by atoms with Crippen molar-refractivity contribution in [2.45, 2.75) is 26.2 Å². The molecule has 0 saturated heterocycles. The summed E-state index contributed by atoms with van der Waals surface area (Å²) in [5, 5.41) is 8.56. The zero-order valence-electron chi connectivity index (χ0n) is 8.35. The van der Waals surface area contributed by atoms with Crippen molar-refractivity contribution in [3.8, 4) is 0 Å². The predicted molar refractivity (Wildman–Crippen MR) is 51.5 cm³/mol. The van der Waals surface area contributed by atoms with Crippen molar-refractivity contribution in [1.29, 1.82) is 0 Å². The van der Waals surface area contributed by atoms with Crippen LogP contribution in [0.2, 0.25) is 0 Å².